The van der Waals surface area contributed by atoms with Gasteiger partial charge in [0.1, 0.15) is 0 Å². The van der Waals surface area contributed by atoms with E-state index in [9.17, 15) is 13.5 Å². The number of hydrogen-bond acceptors (Lipinski definition) is 4. The van der Waals surface area contributed by atoms with Crippen molar-refractivity contribution in [3.8, 4) is 0 Å². The van der Waals surface area contributed by atoms with E-state index in [2.05, 4.69) is 9.62 Å². The molecular formula is C14H22N2O3S. The molecule has 1 atom stereocenters. The lowest BCUT2D eigenvalue weighted by atomic mass is 10.0. The smallest absolute Gasteiger partial charge is 0.208 e. The molecule has 0 aromatic heterocycles. The maximum atomic E-state index is 11.2. The first-order valence-electron chi connectivity index (χ1n) is 6.87. The summed E-state index contributed by atoms with van der Waals surface area (Å²) in [5.41, 5.74) is 0.920. The van der Waals surface area contributed by atoms with Crippen LogP contribution < -0.4 is 4.72 Å². The summed E-state index contributed by atoms with van der Waals surface area (Å²) in [6.45, 7) is 2.20. The fourth-order valence-corrected chi connectivity index (χ4v) is 3.40. The van der Waals surface area contributed by atoms with E-state index < -0.39 is 16.1 Å². The third-order valence-electron chi connectivity index (χ3n) is 3.58. The van der Waals surface area contributed by atoms with E-state index in [0.717, 1.165) is 31.5 Å². The molecule has 0 saturated carbocycles. The lowest BCUT2D eigenvalue weighted by Crippen LogP contribution is -2.45. The van der Waals surface area contributed by atoms with E-state index in [1.165, 1.54) is 6.26 Å². The molecule has 0 bridgehead atoms. The monoisotopic (exact) mass is 298 g/mol. The van der Waals surface area contributed by atoms with Gasteiger partial charge in [0.2, 0.25) is 10.0 Å². The molecule has 5 nitrogen and oxygen atoms in total. The number of nitrogens with zero attached hydrogens (tertiary/aromatic N) is 1. The van der Waals surface area contributed by atoms with Crippen molar-refractivity contribution in [2.24, 2.45) is 0 Å². The summed E-state index contributed by atoms with van der Waals surface area (Å²) in [6.07, 6.45) is 2.28. The van der Waals surface area contributed by atoms with Gasteiger partial charge in [-0.2, -0.15) is 0 Å². The standard InChI is InChI=1S/C14H22N2O3S/c1-20(18,19)15-13-7-9-16(10-8-13)11-14(17)12-5-3-2-4-6-12/h2-6,13-15,17H,7-11H2,1H3. The predicted molar refractivity (Wildman–Crippen MR) is 78.8 cm³/mol. The number of likely N-dealkylation sites (tertiary alicyclic amines) is 1. The predicted octanol–water partition coefficient (Wildman–Crippen LogP) is 0.734. The van der Waals surface area contributed by atoms with E-state index in [1.54, 1.807) is 0 Å². The summed E-state index contributed by atoms with van der Waals surface area (Å²) in [5, 5.41) is 10.2. The zero-order chi connectivity index (χ0) is 14.6. The first-order chi connectivity index (χ1) is 9.44. The van der Waals surface area contributed by atoms with Gasteiger partial charge >= 0.3 is 0 Å². The van der Waals surface area contributed by atoms with Crippen LogP contribution in [0.3, 0.4) is 0 Å². The Kier molecular flexibility index (Phi) is 5.15. The van der Waals surface area contributed by atoms with Crippen LogP contribution in [0.2, 0.25) is 0 Å². The highest BCUT2D eigenvalue weighted by Gasteiger charge is 2.23. The molecule has 0 radical (unpaired) electrons. The largest absolute Gasteiger partial charge is 0.387 e. The van der Waals surface area contributed by atoms with Crippen LogP contribution in [0.5, 0.6) is 0 Å². The molecule has 1 aliphatic heterocycles. The Bertz CT molecular complexity index is 510. The number of sulfonamides is 1. The molecule has 2 N–H and O–H groups in total. The molecule has 6 heteroatoms. The second-order valence-electron chi connectivity index (χ2n) is 5.39. The minimum absolute atomic E-state index is 0.0233. The molecule has 1 aliphatic rings. The van der Waals surface area contributed by atoms with Gasteiger partial charge in [-0.05, 0) is 31.5 Å². The highest BCUT2D eigenvalue weighted by Crippen LogP contribution is 2.17. The molecule has 1 saturated heterocycles. The molecule has 0 amide bonds. The van der Waals surface area contributed by atoms with Gasteiger partial charge in [-0.25, -0.2) is 13.1 Å². The summed E-state index contributed by atoms with van der Waals surface area (Å²) in [7, 11) is -3.13. The molecule has 0 spiro atoms. The molecule has 0 aliphatic carbocycles. The SMILES string of the molecule is CS(=O)(=O)NC1CCN(CC(O)c2ccccc2)CC1. The van der Waals surface area contributed by atoms with E-state index in [-0.39, 0.29) is 6.04 Å². The molecular weight excluding hydrogens is 276 g/mol. The minimum Gasteiger partial charge on any atom is -0.387 e. The number of aliphatic hydroxyl groups excluding tert-OH is 1. The van der Waals surface area contributed by atoms with Gasteiger partial charge < -0.3 is 10.0 Å². The molecule has 1 fully saturated rings. The topological polar surface area (TPSA) is 69.6 Å². The first kappa shape index (κ1) is 15.4. The van der Waals surface area contributed by atoms with Crippen LogP contribution in [0.15, 0.2) is 30.3 Å². The Balaban J connectivity index is 1.80. The third kappa shape index (κ3) is 4.86. The summed E-state index contributed by atoms with van der Waals surface area (Å²) < 4.78 is 25.0. The number of rotatable bonds is 5. The van der Waals surface area contributed by atoms with Crippen LogP contribution in [-0.2, 0) is 10.0 Å². The van der Waals surface area contributed by atoms with Crippen molar-refractivity contribution in [3.63, 3.8) is 0 Å². The molecule has 2 rings (SSSR count). The van der Waals surface area contributed by atoms with Gasteiger partial charge in [-0.3, -0.25) is 0 Å². The van der Waals surface area contributed by atoms with Crippen LogP contribution in [0.25, 0.3) is 0 Å². The maximum Gasteiger partial charge on any atom is 0.208 e. The van der Waals surface area contributed by atoms with E-state index in [0.29, 0.717) is 6.54 Å². The molecule has 1 heterocycles. The van der Waals surface area contributed by atoms with Gasteiger partial charge in [-0.15, -0.1) is 0 Å². The molecule has 20 heavy (non-hydrogen) atoms. The van der Waals surface area contributed by atoms with Crippen LogP contribution in [-0.4, -0.2) is 50.4 Å². The van der Waals surface area contributed by atoms with Crippen molar-refractivity contribution < 1.29 is 13.5 Å². The fourth-order valence-electron chi connectivity index (χ4n) is 2.56. The average molecular weight is 298 g/mol. The fraction of sp³-hybridized carbons (Fsp3) is 0.571. The Morgan fingerprint density at radius 2 is 1.90 bits per heavy atom. The van der Waals surface area contributed by atoms with Crippen LogP contribution in [0, 0.1) is 0 Å². The minimum atomic E-state index is -3.13. The molecule has 112 valence electrons. The molecule has 1 unspecified atom stereocenters. The Morgan fingerprint density at radius 3 is 2.45 bits per heavy atom. The summed E-state index contributed by atoms with van der Waals surface area (Å²) in [5.74, 6) is 0. The van der Waals surface area contributed by atoms with Crippen molar-refractivity contribution in [2.45, 2.75) is 25.0 Å². The molecule has 1 aromatic rings. The normalized spacial score (nSPS) is 19.9. The number of aliphatic hydroxyl groups is 1. The number of benzene rings is 1. The van der Waals surface area contributed by atoms with E-state index in [1.807, 2.05) is 30.3 Å². The number of nitrogens with one attached hydrogen (secondary N) is 1. The van der Waals surface area contributed by atoms with Crippen LogP contribution >= 0.6 is 0 Å². The summed E-state index contributed by atoms with van der Waals surface area (Å²) in [6, 6.07) is 9.63. The maximum absolute atomic E-state index is 11.2. The Morgan fingerprint density at radius 1 is 1.30 bits per heavy atom. The second-order valence-corrected chi connectivity index (χ2v) is 7.17. The zero-order valence-corrected chi connectivity index (χ0v) is 12.5. The van der Waals surface area contributed by atoms with Crippen LogP contribution in [0.1, 0.15) is 24.5 Å². The third-order valence-corrected chi connectivity index (χ3v) is 4.35. The second kappa shape index (κ2) is 6.67. The lowest BCUT2D eigenvalue weighted by Gasteiger charge is -2.33. The van der Waals surface area contributed by atoms with Crippen LogP contribution in [0.4, 0.5) is 0 Å². The number of hydrogen-bond donors (Lipinski definition) is 2. The Hall–Kier alpha value is -0.950. The number of β-amino-alcohol motifs (C(OH)–C–C–N with tert-alkyl or cyclic N) is 1. The lowest BCUT2D eigenvalue weighted by molar-refractivity contribution is 0.0963. The van der Waals surface area contributed by atoms with Crippen molar-refractivity contribution in [1.82, 2.24) is 9.62 Å². The number of piperidine rings is 1. The summed E-state index contributed by atoms with van der Waals surface area (Å²) in [4.78, 5) is 2.18. The van der Waals surface area contributed by atoms with E-state index in [4.69, 9.17) is 0 Å². The van der Waals surface area contributed by atoms with Crippen molar-refractivity contribution >= 4 is 10.0 Å². The highest BCUT2D eigenvalue weighted by molar-refractivity contribution is 7.88. The van der Waals surface area contributed by atoms with E-state index >= 15 is 0 Å². The summed E-state index contributed by atoms with van der Waals surface area (Å²) >= 11 is 0. The van der Waals surface area contributed by atoms with Gasteiger partial charge in [0.15, 0.2) is 0 Å². The van der Waals surface area contributed by atoms with Gasteiger partial charge in [0.05, 0.1) is 12.4 Å². The van der Waals surface area contributed by atoms with Gasteiger partial charge in [0, 0.05) is 12.6 Å². The van der Waals surface area contributed by atoms with Crippen molar-refractivity contribution in [2.75, 3.05) is 25.9 Å². The van der Waals surface area contributed by atoms with Gasteiger partial charge in [0.25, 0.3) is 0 Å². The highest BCUT2D eigenvalue weighted by atomic mass is 32.2. The quantitative estimate of drug-likeness (QED) is 0.841. The molecule has 1 aromatic carbocycles. The first-order valence-corrected chi connectivity index (χ1v) is 8.76. The van der Waals surface area contributed by atoms with Crippen molar-refractivity contribution in [3.05, 3.63) is 35.9 Å². The van der Waals surface area contributed by atoms with Crippen molar-refractivity contribution in [1.29, 1.82) is 0 Å². The zero-order valence-electron chi connectivity index (χ0n) is 11.7. The Labute approximate surface area is 120 Å². The average Bonchev–Trinajstić information content (AvgIpc) is 2.40. The van der Waals surface area contributed by atoms with Gasteiger partial charge in [-0.1, -0.05) is 30.3 Å².